The number of benzene rings is 1. The summed E-state index contributed by atoms with van der Waals surface area (Å²) in [5.74, 6) is 1.59. The number of hydrogen-bond acceptors (Lipinski definition) is 7. The van der Waals surface area contributed by atoms with E-state index in [1.807, 2.05) is 12.1 Å². The molecule has 1 aromatic heterocycles. The summed E-state index contributed by atoms with van der Waals surface area (Å²) in [6.45, 7) is 4.41. The number of nitrogens with one attached hydrogen (secondary N) is 1. The molecule has 0 fully saturated rings. The summed E-state index contributed by atoms with van der Waals surface area (Å²) in [4.78, 5) is 4.27. The van der Waals surface area contributed by atoms with Gasteiger partial charge in [0.2, 0.25) is 10.0 Å². The van der Waals surface area contributed by atoms with E-state index >= 15 is 0 Å². The predicted molar refractivity (Wildman–Crippen MR) is 105 cm³/mol. The maximum Gasteiger partial charge on any atom is 0.244 e. The molecule has 1 aromatic carbocycles. The minimum absolute atomic E-state index is 0.148. The SMILES string of the molecule is CCN(CC)S(=O)(=O)c1ccc(N/N=C/c2cccc(OC)c2OC)nc1. The van der Waals surface area contributed by atoms with Gasteiger partial charge in [-0.2, -0.15) is 9.41 Å². The Balaban J connectivity index is 2.13. The average molecular weight is 392 g/mol. The highest BCUT2D eigenvalue weighted by molar-refractivity contribution is 7.89. The van der Waals surface area contributed by atoms with E-state index in [1.165, 1.54) is 16.6 Å². The summed E-state index contributed by atoms with van der Waals surface area (Å²) in [6.07, 6.45) is 2.89. The molecule has 8 nitrogen and oxygen atoms in total. The number of ether oxygens (including phenoxy) is 2. The molecule has 0 bridgehead atoms. The highest BCUT2D eigenvalue weighted by Crippen LogP contribution is 2.29. The lowest BCUT2D eigenvalue weighted by atomic mass is 10.2. The topological polar surface area (TPSA) is 93.1 Å². The van der Waals surface area contributed by atoms with Crippen molar-refractivity contribution in [2.24, 2.45) is 5.10 Å². The number of nitrogens with zero attached hydrogens (tertiary/aromatic N) is 3. The Labute approximate surface area is 159 Å². The zero-order valence-electron chi connectivity index (χ0n) is 15.8. The normalized spacial score (nSPS) is 11.7. The van der Waals surface area contributed by atoms with Crippen LogP contribution in [0.3, 0.4) is 0 Å². The van der Waals surface area contributed by atoms with Crippen LogP contribution in [0, 0.1) is 0 Å². The van der Waals surface area contributed by atoms with Crippen LogP contribution in [-0.4, -0.2) is 51.2 Å². The molecule has 0 atom stereocenters. The fourth-order valence-corrected chi connectivity index (χ4v) is 3.90. The van der Waals surface area contributed by atoms with Crippen molar-refractivity contribution in [1.29, 1.82) is 0 Å². The molecule has 0 unspecified atom stereocenters. The first-order chi connectivity index (χ1) is 13.0. The van der Waals surface area contributed by atoms with Crippen LogP contribution in [0.4, 0.5) is 5.82 Å². The van der Waals surface area contributed by atoms with E-state index in [9.17, 15) is 8.42 Å². The molecule has 0 spiro atoms. The minimum Gasteiger partial charge on any atom is -0.493 e. The second-order valence-corrected chi connectivity index (χ2v) is 7.36. The number of pyridine rings is 1. The second-order valence-electron chi connectivity index (χ2n) is 5.42. The lowest BCUT2D eigenvalue weighted by Gasteiger charge is -2.18. The molecule has 2 aromatic rings. The second kappa shape index (κ2) is 9.33. The fourth-order valence-electron chi connectivity index (χ4n) is 2.49. The first-order valence-corrected chi connectivity index (χ1v) is 9.88. The van der Waals surface area contributed by atoms with E-state index in [-0.39, 0.29) is 4.90 Å². The molecule has 2 rings (SSSR count). The van der Waals surface area contributed by atoms with E-state index in [4.69, 9.17) is 9.47 Å². The Morgan fingerprint density at radius 2 is 1.89 bits per heavy atom. The Hall–Kier alpha value is -2.65. The third-order valence-electron chi connectivity index (χ3n) is 3.90. The molecule has 27 heavy (non-hydrogen) atoms. The van der Waals surface area contributed by atoms with Gasteiger partial charge in [0, 0.05) is 24.8 Å². The van der Waals surface area contributed by atoms with E-state index in [0.29, 0.717) is 30.4 Å². The molecule has 0 saturated carbocycles. The van der Waals surface area contributed by atoms with Gasteiger partial charge < -0.3 is 9.47 Å². The van der Waals surface area contributed by atoms with Crippen molar-refractivity contribution in [2.45, 2.75) is 18.7 Å². The van der Waals surface area contributed by atoms with Crippen LogP contribution in [0.2, 0.25) is 0 Å². The Morgan fingerprint density at radius 1 is 1.15 bits per heavy atom. The molecular weight excluding hydrogens is 368 g/mol. The zero-order valence-corrected chi connectivity index (χ0v) is 16.7. The van der Waals surface area contributed by atoms with Crippen molar-refractivity contribution in [3.05, 3.63) is 42.1 Å². The predicted octanol–water partition coefficient (Wildman–Crippen LogP) is 2.58. The lowest BCUT2D eigenvalue weighted by molar-refractivity contribution is 0.354. The van der Waals surface area contributed by atoms with Gasteiger partial charge in [-0.3, -0.25) is 5.43 Å². The third kappa shape index (κ3) is 4.75. The quantitative estimate of drug-likeness (QED) is 0.521. The van der Waals surface area contributed by atoms with E-state index in [1.54, 1.807) is 46.4 Å². The van der Waals surface area contributed by atoms with Gasteiger partial charge in [-0.1, -0.05) is 19.9 Å². The molecule has 0 aliphatic carbocycles. The van der Waals surface area contributed by atoms with Crippen LogP contribution >= 0.6 is 0 Å². The number of hydrazone groups is 1. The summed E-state index contributed by atoms with van der Waals surface area (Å²) in [7, 11) is -0.405. The average Bonchev–Trinajstić information content (AvgIpc) is 2.68. The van der Waals surface area contributed by atoms with Gasteiger partial charge in [-0.15, -0.1) is 0 Å². The Morgan fingerprint density at radius 3 is 2.44 bits per heavy atom. The molecule has 9 heteroatoms. The van der Waals surface area contributed by atoms with Crippen molar-refractivity contribution >= 4 is 22.1 Å². The monoisotopic (exact) mass is 392 g/mol. The van der Waals surface area contributed by atoms with Gasteiger partial charge in [0.15, 0.2) is 11.5 Å². The zero-order chi connectivity index (χ0) is 19.9. The van der Waals surface area contributed by atoms with Crippen LogP contribution in [0.5, 0.6) is 11.5 Å². The van der Waals surface area contributed by atoms with Crippen molar-refractivity contribution in [1.82, 2.24) is 9.29 Å². The van der Waals surface area contributed by atoms with Gasteiger partial charge in [-0.25, -0.2) is 13.4 Å². The Kier molecular flexibility index (Phi) is 7.14. The summed E-state index contributed by atoms with van der Waals surface area (Å²) >= 11 is 0. The third-order valence-corrected chi connectivity index (χ3v) is 5.93. The van der Waals surface area contributed by atoms with Crippen molar-refractivity contribution < 1.29 is 17.9 Å². The molecule has 0 aliphatic heterocycles. The highest BCUT2D eigenvalue weighted by Gasteiger charge is 2.21. The van der Waals surface area contributed by atoms with Gasteiger partial charge in [0.05, 0.1) is 20.4 Å². The summed E-state index contributed by atoms with van der Waals surface area (Å²) in [5.41, 5.74) is 3.50. The van der Waals surface area contributed by atoms with E-state index < -0.39 is 10.0 Å². The summed E-state index contributed by atoms with van der Waals surface area (Å²) in [6, 6.07) is 8.52. The molecule has 0 amide bonds. The summed E-state index contributed by atoms with van der Waals surface area (Å²) < 4.78 is 36.9. The first-order valence-electron chi connectivity index (χ1n) is 8.44. The molecular formula is C18H24N4O4S. The number of anilines is 1. The van der Waals surface area contributed by atoms with Gasteiger partial charge >= 0.3 is 0 Å². The maximum atomic E-state index is 12.4. The number of para-hydroxylation sites is 1. The Bertz CT molecular complexity index is 879. The fraction of sp³-hybridized carbons (Fsp3) is 0.333. The van der Waals surface area contributed by atoms with Crippen LogP contribution in [-0.2, 0) is 10.0 Å². The van der Waals surface area contributed by atoms with Gasteiger partial charge in [0.1, 0.15) is 10.7 Å². The number of sulfonamides is 1. The molecule has 1 N–H and O–H groups in total. The van der Waals surface area contributed by atoms with Crippen LogP contribution < -0.4 is 14.9 Å². The van der Waals surface area contributed by atoms with Crippen molar-refractivity contribution in [3.8, 4) is 11.5 Å². The first kappa shape index (κ1) is 20.7. The molecule has 0 radical (unpaired) electrons. The number of methoxy groups -OCH3 is 2. The van der Waals surface area contributed by atoms with Crippen LogP contribution in [0.1, 0.15) is 19.4 Å². The smallest absolute Gasteiger partial charge is 0.244 e. The minimum atomic E-state index is -3.52. The molecule has 146 valence electrons. The number of hydrogen-bond donors (Lipinski definition) is 1. The standard InChI is InChI=1S/C18H24N4O4S/c1-5-22(6-2)27(23,24)15-10-11-17(19-13-15)21-20-12-14-8-7-9-16(25-3)18(14)26-4/h7-13H,5-6H2,1-4H3,(H,19,21)/b20-12+. The maximum absolute atomic E-state index is 12.4. The summed E-state index contributed by atoms with van der Waals surface area (Å²) in [5, 5.41) is 4.12. The highest BCUT2D eigenvalue weighted by atomic mass is 32.2. The van der Waals surface area contributed by atoms with Gasteiger partial charge in [0.25, 0.3) is 0 Å². The molecule has 1 heterocycles. The van der Waals surface area contributed by atoms with E-state index in [2.05, 4.69) is 15.5 Å². The number of aromatic nitrogens is 1. The van der Waals surface area contributed by atoms with Crippen molar-refractivity contribution in [3.63, 3.8) is 0 Å². The molecule has 0 aliphatic rings. The van der Waals surface area contributed by atoms with Gasteiger partial charge in [-0.05, 0) is 24.3 Å². The van der Waals surface area contributed by atoms with Crippen LogP contribution in [0.25, 0.3) is 0 Å². The lowest BCUT2D eigenvalue weighted by Crippen LogP contribution is -2.30. The van der Waals surface area contributed by atoms with Crippen LogP contribution in [0.15, 0.2) is 46.5 Å². The largest absolute Gasteiger partial charge is 0.493 e. The number of rotatable bonds is 9. The van der Waals surface area contributed by atoms with E-state index in [0.717, 1.165) is 5.56 Å². The molecule has 0 saturated heterocycles. The van der Waals surface area contributed by atoms with Crippen molar-refractivity contribution in [2.75, 3.05) is 32.7 Å².